The molecule has 0 N–H and O–H groups in total. The van der Waals surface area contributed by atoms with Gasteiger partial charge in [-0.2, -0.15) is 0 Å². The Morgan fingerprint density at radius 2 is 1.46 bits per heavy atom. The minimum absolute atomic E-state index is 0.0147. The van der Waals surface area contributed by atoms with Crippen LogP contribution in [-0.4, -0.2) is 19.3 Å². The summed E-state index contributed by atoms with van der Waals surface area (Å²) in [5, 5.41) is 0. The van der Waals surface area contributed by atoms with Gasteiger partial charge in [-0.1, -0.05) is 63.1 Å². The summed E-state index contributed by atoms with van der Waals surface area (Å²) in [5.41, 5.74) is 2.12. The van der Waals surface area contributed by atoms with Gasteiger partial charge < -0.3 is 14.2 Å². The van der Waals surface area contributed by atoms with Crippen molar-refractivity contribution in [2.75, 3.05) is 13.2 Å². The molecule has 3 aromatic carbocycles. The summed E-state index contributed by atoms with van der Waals surface area (Å²) in [6, 6.07) is 15.1. The lowest BCUT2D eigenvalue weighted by Crippen LogP contribution is -2.22. The van der Waals surface area contributed by atoms with Gasteiger partial charge >= 0.3 is 0 Å². The first-order valence-electron chi connectivity index (χ1n) is 14.2. The maximum absolute atomic E-state index is 15.2. The van der Waals surface area contributed by atoms with Crippen LogP contribution >= 0.6 is 0 Å². The van der Waals surface area contributed by atoms with Crippen LogP contribution in [-0.2, 0) is 11.3 Å². The fourth-order valence-corrected chi connectivity index (χ4v) is 5.00. The lowest BCUT2D eigenvalue weighted by atomic mass is 9.82. The van der Waals surface area contributed by atoms with Crippen LogP contribution in [0, 0.1) is 17.5 Å². The molecule has 1 fully saturated rings. The second-order valence-electron chi connectivity index (χ2n) is 10.3. The summed E-state index contributed by atoms with van der Waals surface area (Å²) in [6.07, 6.45) is 7.60. The van der Waals surface area contributed by atoms with Gasteiger partial charge in [0.15, 0.2) is 23.2 Å². The highest BCUT2D eigenvalue weighted by Crippen LogP contribution is 2.38. The third-order valence-electron chi connectivity index (χ3n) is 7.41. The molecule has 0 aromatic heterocycles. The number of unbranched alkanes of at least 4 members (excludes halogenated alkanes) is 2. The van der Waals surface area contributed by atoms with Crippen LogP contribution in [0.3, 0.4) is 0 Å². The van der Waals surface area contributed by atoms with E-state index >= 15 is 8.78 Å². The number of ether oxygens (including phenoxy) is 3. The highest BCUT2D eigenvalue weighted by atomic mass is 19.2. The molecular formula is C33H39F3O3. The van der Waals surface area contributed by atoms with E-state index in [0.717, 1.165) is 63.5 Å². The van der Waals surface area contributed by atoms with Crippen LogP contribution < -0.4 is 9.47 Å². The van der Waals surface area contributed by atoms with Gasteiger partial charge in [-0.25, -0.2) is 13.2 Å². The molecule has 3 nitrogen and oxygen atoms in total. The first-order valence-corrected chi connectivity index (χ1v) is 14.2. The van der Waals surface area contributed by atoms with Crippen molar-refractivity contribution in [2.24, 2.45) is 0 Å². The van der Waals surface area contributed by atoms with Crippen molar-refractivity contribution in [1.82, 2.24) is 0 Å². The number of hydrogen-bond donors (Lipinski definition) is 0. The van der Waals surface area contributed by atoms with Crippen molar-refractivity contribution in [3.8, 4) is 22.6 Å². The predicted molar refractivity (Wildman–Crippen MR) is 149 cm³/mol. The van der Waals surface area contributed by atoms with E-state index in [1.165, 1.54) is 6.07 Å². The monoisotopic (exact) mass is 540 g/mol. The Hall–Kier alpha value is -2.99. The zero-order chi connectivity index (χ0) is 27.6. The van der Waals surface area contributed by atoms with Crippen molar-refractivity contribution in [2.45, 2.75) is 83.8 Å². The first-order chi connectivity index (χ1) is 19.0. The highest BCUT2D eigenvalue weighted by molar-refractivity contribution is 5.65. The summed E-state index contributed by atoms with van der Waals surface area (Å²) >= 11 is 0. The summed E-state index contributed by atoms with van der Waals surface area (Å²) in [7, 11) is 0. The van der Waals surface area contributed by atoms with Gasteiger partial charge in [0, 0.05) is 18.2 Å². The summed E-state index contributed by atoms with van der Waals surface area (Å²) in [4.78, 5) is 0. The van der Waals surface area contributed by atoms with Crippen molar-refractivity contribution in [3.05, 3.63) is 83.2 Å². The Morgan fingerprint density at radius 3 is 2.15 bits per heavy atom. The molecule has 0 unspecified atom stereocenters. The minimum atomic E-state index is -0.811. The number of rotatable bonds is 13. The molecule has 6 heteroatoms. The summed E-state index contributed by atoms with van der Waals surface area (Å²) < 4.78 is 61.6. The van der Waals surface area contributed by atoms with E-state index in [1.807, 2.05) is 6.92 Å². The average molecular weight is 541 g/mol. The molecule has 1 saturated carbocycles. The van der Waals surface area contributed by atoms with E-state index in [4.69, 9.17) is 14.2 Å². The number of hydrogen-bond acceptors (Lipinski definition) is 3. The quantitative estimate of drug-likeness (QED) is 0.202. The van der Waals surface area contributed by atoms with E-state index < -0.39 is 17.5 Å². The van der Waals surface area contributed by atoms with Gasteiger partial charge in [0.2, 0.25) is 0 Å². The van der Waals surface area contributed by atoms with Gasteiger partial charge in [-0.3, -0.25) is 0 Å². The average Bonchev–Trinajstić information content (AvgIpc) is 2.95. The Balaban J connectivity index is 1.34. The van der Waals surface area contributed by atoms with Crippen LogP contribution in [0.1, 0.15) is 82.3 Å². The van der Waals surface area contributed by atoms with Crippen LogP contribution in [0.4, 0.5) is 13.2 Å². The van der Waals surface area contributed by atoms with Gasteiger partial charge in [0.25, 0.3) is 0 Å². The zero-order valence-corrected chi connectivity index (χ0v) is 23.0. The fraction of sp³-hybridized carbons (Fsp3) is 0.455. The third kappa shape index (κ3) is 7.78. The molecule has 3 aromatic rings. The third-order valence-corrected chi connectivity index (χ3v) is 7.41. The van der Waals surface area contributed by atoms with E-state index in [9.17, 15) is 4.39 Å². The van der Waals surface area contributed by atoms with Crippen molar-refractivity contribution < 1.29 is 27.4 Å². The SMILES string of the molecule is CCCCOc1ccc(OCc2ccc(-c3ccc(C4CCC(OCCCC)CC4)c(F)c3F)cc2)cc1F. The molecule has 0 spiro atoms. The molecule has 0 atom stereocenters. The highest BCUT2D eigenvalue weighted by Gasteiger charge is 2.27. The second kappa shape index (κ2) is 14.4. The molecule has 39 heavy (non-hydrogen) atoms. The molecule has 210 valence electrons. The van der Waals surface area contributed by atoms with Gasteiger partial charge in [0.1, 0.15) is 12.4 Å². The van der Waals surface area contributed by atoms with Crippen molar-refractivity contribution >= 4 is 0 Å². The standard InChI is InChI=1S/C33H39F3O3/c1-3-5-19-37-26-13-11-25(12-14-26)29-17-16-28(32(35)33(29)36)24-9-7-23(8-10-24)22-39-27-15-18-31(30(34)21-27)38-20-6-4-2/h7-10,15-18,21,25-26H,3-6,11-14,19-20,22H2,1-2H3. The zero-order valence-electron chi connectivity index (χ0n) is 23.0. The molecule has 0 saturated heterocycles. The Kier molecular flexibility index (Phi) is 10.7. The molecule has 0 heterocycles. The molecule has 0 radical (unpaired) electrons. The van der Waals surface area contributed by atoms with Crippen LogP contribution in [0.15, 0.2) is 54.6 Å². The maximum Gasteiger partial charge on any atom is 0.168 e. The number of halogens is 3. The van der Waals surface area contributed by atoms with Crippen LogP contribution in [0.2, 0.25) is 0 Å². The summed E-state index contributed by atoms with van der Waals surface area (Å²) in [5.74, 6) is -1.41. The largest absolute Gasteiger partial charge is 0.491 e. The van der Waals surface area contributed by atoms with E-state index in [2.05, 4.69) is 6.92 Å². The normalized spacial score (nSPS) is 17.3. The molecule has 0 amide bonds. The minimum Gasteiger partial charge on any atom is -0.491 e. The van der Waals surface area contributed by atoms with Crippen LogP contribution in [0.5, 0.6) is 11.5 Å². The van der Waals surface area contributed by atoms with E-state index in [1.54, 1.807) is 48.5 Å². The van der Waals surface area contributed by atoms with Crippen molar-refractivity contribution in [3.63, 3.8) is 0 Å². The first kappa shape index (κ1) is 29.0. The molecule has 4 rings (SSSR count). The van der Waals surface area contributed by atoms with E-state index in [-0.39, 0.29) is 29.9 Å². The predicted octanol–water partition coefficient (Wildman–Crippen LogP) is 9.37. The van der Waals surface area contributed by atoms with Gasteiger partial charge in [-0.15, -0.1) is 0 Å². The fourth-order valence-electron chi connectivity index (χ4n) is 5.00. The number of benzene rings is 3. The Morgan fingerprint density at radius 1 is 0.744 bits per heavy atom. The Bertz CT molecular complexity index is 1190. The second-order valence-corrected chi connectivity index (χ2v) is 10.3. The lowest BCUT2D eigenvalue weighted by Gasteiger charge is -2.29. The molecule has 0 bridgehead atoms. The van der Waals surface area contributed by atoms with Crippen molar-refractivity contribution in [1.29, 1.82) is 0 Å². The lowest BCUT2D eigenvalue weighted by molar-refractivity contribution is 0.0230. The Labute approximate surface area is 230 Å². The molecule has 1 aliphatic carbocycles. The topological polar surface area (TPSA) is 27.7 Å². The molecule has 0 aliphatic heterocycles. The molecular weight excluding hydrogens is 501 g/mol. The van der Waals surface area contributed by atoms with Gasteiger partial charge in [0.05, 0.1) is 12.7 Å². The molecule has 1 aliphatic rings. The smallest absolute Gasteiger partial charge is 0.168 e. The van der Waals surface area contributed by atoms with E-state index in [0.29, 0.717) is 23.5 Å². The van der Waals surface area contributed by atoms with Crippen LogP contribution in [0.25, 0.3) is 11.1 Å². The maximum atomic E-state index is 15.2. The summed E-state index contributed by atoms with van der Waals surface area (Å²) in [6.45, 7) is 5.65. The van der Waals surface area contributed by atoms with Gasteiger partial charge in [-0.05, 0) is 73.3 Å².